The highest BCUT2D eigenvalue weighted by Gasteiger charge is 2.12. The largest absolute Gasteiger partial charge is 0.494 e. The third kappa shape index (κ3) is 2.09. The van der Waals surface area contributed by atoms with Crippen LogP contribution < -0.4 is 9.64 Å². The van der Waals surface area contributed by atoms with Gasteiger partial charge in [-0.05, 0) is 0 Å². The maximum absolute atomic E-state index is 13.3. The van der Waals surface area contributed by atoms with Crippen LogP contribution in [0.3, 0.4) is 0 Å². The molecular formula is C9H11F2NOS. The van der Waals surface area contributed by atoms with E-state index >= 15 is 0 Å². The quantitative estimate of drug-likeness (QED) is 0.618. The second-order valence-corrected chi connectivity index (χ2v) is 3.06. The first-order valence-corrected chi connectivity index (χ1v) is 4.58. The Morgan fingerprint density at radius 1 is 1.36 bits per heavy atom. The van der Waals surface area contributed by atoms with Crippen molar-refractivity contribution in [2.24, 2.45) is 0 Å². The average Bonchev–Trinajstić information content (AvgIpc) is 2.19. The molecule has 0 amide bonds. The number of methoxy groups -OCH3 is 1. The third-order valence-corrected chi connectivity index (χ3v) is 2.27. The van der Waals surface area contributed by atoms with Crippen molar-refractivity contribution in [2.75, 3.05) is 24.9 Å². The summed E-state index contributed by atoms with van der Waals surface area (Å²) in [4.78, 5) is 1.49. The zero-order valence-corrected chi connectivity index (χ0v) is 8.81. The van der Waals surface area contributed by atoms with Crippen molar-refractivity contribution in [3.63, 3.8) is 0 Å². The summed E-state index contributed by atoms with van der Waals surface area (Å²) in [5.74, 6) is -0.904. The summed E-state index contributed by atoms with van der Waals surface area (Å²) in [5, 5.41) is 0. The summed E-state index contributed by atoms with van der Waals surface area (Å²) in [6.45, 7) is 0. The van der Waals surface area contributed by atoms with Gasteiger partial charge >= 0.3 is 0 Å². The van der Waals surface area contributed by atoms with Crippen molar-refractivity contribution in [1.29, 1.82) is 0 Å². The van der Waals surface area contributed by atoms with E-state index < -0.39 is 11.6 Å². The number of ether oxygens (including phenoxy) is 1. The predicted molar refractivity (Wildman–Crippen MR) is 55.2 cm³/mol. The van der Waals surface area contributed by atoms with Gasteiger partial charge in [0.2, 0.25) is 0 Å². The highest BCUT2D eigenvalue weighted by Crippen LogP contribution is 2.26. The molecule has 0 aliphatic rings. The van der Waals surface area contributed by atoms with E-state index in [4.69, 9.17) is 0 Å². The van der Waals surface area contributed by atoms with Gasteiger partial charge in [0.1, 0.15) is 5.82 Å². The van der Waals surface area contributed by atoms with Crippen LogP contribution in [-0.4, -0.2) is 20.0 Å². The van der Waals surface area contributed by atoms with E-state index in [0.29, 0.717) is 5.88 Å². The second kappa shape index (κ2) is 4.50. The van der Waals surface area contributed by atoms with Crippen LogP contribution >= 0.6 is 12.6 Å². The van der Waals surface area contributed by atoms with Crippen LogP contribution in [-0.2, 0) is 0 Å². The van der Waals surface area contributed by atoms with Gasteiger partial charge in [0.05, 0.1) is 18.7 Å². The summed E-state index contributed by atoms with van der Waals surface area (Å²) in [5.41, 5.74) is 0.165. The Morgan fingerprint density at radius 2 is 2.00 bits per heavy atom. The van der Waals surface area contributed by atoms with Crippen LogP contribution in [0.5, 0.6) is 5.75 Å². The molecule has 0 unspecified atom stereocenters. The van der Waals surface area contributed by atoms with Crippen LogP contribution in [0.4, 0.5) is 14.5 Å². The smallest absolute Gasteiger partial charge is 0.167 e. The molecule has 0 saturated heterocycles. The van der Waals surface area contributed by atoms with Gasteiger partial charge in [-0.3, -0.25) is 0 Å². The Bertz CT molecular complexity index is 333. The monoisotopic (exact) mass is 219 g/mol. The Kier molecular flexibility index (Phi) is 3.57. The fraction of sp³-hybridized carbons (Fsp3) is 0.333. The fourth-order valence-electron chi connectivity index (χ4n) is 1.04. The third-order valence-electron chi connectivity index (χ3n) is 1.84. The SMILES string of the molecule is COc1cc(F)c(N(C)CS)cc1F. The van der Waals surface area contributed by atoms with Gasteiger partial charge in [0.25, 0.3) is 0 Å². The molecule has 0 fully saturated rings. The molecule has 5 heteroatoms. The Hall–Kier alpha value is -0.970. The molecule has 1 aromatic rings. The molecule has 0 aliphatic heterocycles. The van der Waals surface area contributed by atoms with Gasteiger partial charge in [0, 0.05) is 19.2 Å². The Balaban J connectivity index is 3.14. The minimum Gasteiger partial charge on any atom is -0.494 e. The van der Waals surface area contributed by atoms with E-state index in [0.717, 1.165) is 12.1 Å². The van der Waals surface area contributed by atoms with Crippen molar-refractivity contribution < 1.29 is 13.5 Å². The van der Waals surface area contributed by atoms with Crippen LogP contribution in [0.2, 0.25) is 0 Å². The van der Waals surface area contributed by atoms with Gasteiger partial charge in [-0.2, -0.15) is 12.6 Å². The first-order valence-electron chi connectivity index (χ1n) is 3.95. The maximum Gasteiger partial charge on any atom is 0.167 e. The number of hydrogen-bond acceptors (Lipinski definition) is 3. The van der Waals surface area contributed by atoms with Crippen LogP contribution in [0.1, 0.15) is 0 Å². The van der Waals surface area contributed by atoms with Gasteiger partial charge in [-0.1, -0.05) is 0 Å². The van der Waals surface area contributed by atoms with Crippen molar-refractivity contribution in [3.8, 4) is 5.75 Å². The highest BCUT2D eigenvalue weighted by atomic mass is 32.1. The van der Waals surface area contributed by atoms with Crippen LogP contribution in [0.25, 0.3) is 0 Å². The Morgan fingerprint density at radius 3 is 2.50 bits per heavy atom. The molecule has 14 heavy (non-hydrogen) atoms. The van der Waals surface area contributed by atoms with Gasteiger partial charge in [-0.15, -0.1) is 0 Å². The molecule has 78 valence electrons. The summed E-state index contributed by atoms with van der Waals surface area (Å²) >= 11 is 3.96. The van der Waals surface area contributed by atoms with Crippen molar-refractivity contribution in [1.82, 2.24) is 0 Å². The van der Waals surface area contributed by atoms with Gasteiger partial charge < -0.3 is 9.64 Å². The topological polar surface area (TPSA) is 12.5 Å². The van der Waals surface area contributed by atoms with Crippen molar-refractivity contribution in [3.05, 3.63) is 23.8 Å². The number of halogens is 2. The number of hydrogen-bond donors (Lipinski definition) is 1. The van der Waals surface area contributed by atoms with Gasteiger partial charge in [-0.25, -0.2) is 8.78 Å². The number of rotatable bonds is 3. The normalized spacial score (nSPS) is 10.1. The minimum absolute atomic E-state index is 0.0983. The van der Waals surface area contributed by atoms with E-state index in [1.165, 1.54) is 12.0 Å². The predicted octanol–water partition coefficient (Wildman–Crippen LogP) is 2.30. The molecule has 0 aromatic heterocycles. The summed E-state index contributed by atoms with van der Waals surface area (Å²) < 4.78 is 31.2. The van der Waals surface area contributed by atoms with E-state index in [-0.39, 0.29) is 11.4 Å². The molecule has 1 rings (SSSR count). The molecule has 0 saturated carbocycles. The highest BCUT2D eigenvalue weighted by molar-refractivity contribution is 7.80. The van der Waals surface area contributed by atoms with Crippen molar-refractivity contribution >= 4 is 18.3 Å². The molecule has 0 radical (unpaired) electrons. The molecule has 0 atom stereocenters. The molecular weight excluding hydrogens is 208 g/mol. The molecule has 1 aromatic carbocycles. The van der Waals surface area contributed by atoms with Crippen LogP contribution in [0, 0.1) is 11.6 Å². The lowest BCUT2D eigenvalue weighted by Crippen LogP contribution is -2.16. The second-order valence-electron chi connectivity index (χ2n) is 2.78. The molecule has 2 nitrogen and oxygen atoms in total. The van der Waals surface area contributed by atoms with Crippen LogP contribution in [0.15, 0.2) is 12.1 Å². The summed E-state index contributed by atoms with van der Waals surface area (Å²) in [7, 11) is 2.91. The van der Waals surface area contributed by atoms with E-state index in [1.54, 1.807) is 7.05 Å². The standard InChI is InChI=1S/C9H11F2NOS/c1-12(5-14)8-3-7(11)9(13-2)4-6(8)10/h3-4,14H,5H2,1-2H3. The van der Waals surface area contributed by atoms with E-state index in [2.05, 4.69) is 17.4 Å². The number of benzene rings is 1. The lowest BCUT2D eigenvalue weighted by Gasteiger charge is -2.17. The van der Waals surface area contributed by atoms with E-state index in [1.807, 2.05) is 0 Å². The number of anilines is 1. The van der Waals surface area contributed by atoms with E-state index in [9.17, 15) is 8.78 Å². The lowest BCUT2D eigenvalue weighted by molar-refractivity contribution is 0.383. The zero-order valence-electron chi connectivity index (χ0n) is 7.92. The number of thiol groups is 1. The molecule has 0 aliphatic carbocycles. The maximum atomic E-state index is 13.3. The van der Waals surface area contributed by atoms with Gasteiger partial charge in [0.15, 0.2) is 11.6 Å². The Labute approximate surface area is 86.9 Å². The first-order chi connectivity index (χ1) is 6.60. The minimum atomic E-state index is -0.586. The zero-order chi connectivity index (χ0) is 10.7. The lowest BCUT2D eigenvalue weighted by atomic mass is 10.2. The first kappa shape index (κ1) is 11.1. The van der Waals surface area contributed by atoms with Crippen molar-refractivity contribution in [2.45, 2.75) is 0 Å². The molecule has 0 N–H and O–H groups in total. The fourth-order valence-corrected chi connectivity index (χ4v) is 1.20. The summed E-state index contributed by atoms with van der Waals surface area (Å²) in [6, 6.07) is 2.11. The molecule has 0 spiro atoms. The number of nitrogens with zero attached hydrogens (tertiary/aromatic N) is 1. The summed E-state index contributed by atoms with van der Waals surface area (Å²) in [6.07, 6.45) is 0. The molecule has 0 bridgehead atoms. The average molecular weight is 219 g/mol. The molecule has 0 heterocycles.